The summed E-state index contributed by atoms with van der Waals surface area (Å²) in [4.78, 5) is 33.1. The predicted molar refractivity (Wildman–Crippen MR) is 117 cm³/mol. The van der Waals surface area contributed by atoms with E-state index in [9.17, 15) is 9.59 Å². The number of piperazine rings is 1. The lowest BCUT2D eigenvalue weighted by Crippen LogP contribution is -2.56. The van der Waals surface area contributed by atoms with Crippen molar-refractivity contribution >= 4 is 12.0 Å². The van der Waals surface area contributed by atoms with Crippen LogP contribution in [0, 0.1) is 0 Å². The molecule has 1 aliphatic heterocycles. The van der Waals surface area contributed by atoms with Gasteiger partial charge in [-0.15, -0.1) is 0 Å². The minimum absolute atomic E-state index is 0.168. The highest BCUT2D eigenvalue weighted by Gasteiger charge is 2.33. The molecule has 4 rings (SSSR count). The van der Waals surface area contributed by atoms with E-state index < -0.39 is 5.60 Å². The van der Waals surface area contributed by atoms with E-state index >= 15 is 0 Å². The van der Waals surface area contributed by atoms with E-state index in [1.165, 1.54) is 6.26 Å². The zero-order valence-corrected chi connectivity index (χ0v) is 18.7. The third-order valence-electron chi connectivity index (χ3n) is 5.12. The van der Waals surface area contributed by atoms with Crippen molar-refractivity contribution in [2.75, 3.05) is 19.6 Å². The third-order valence-corrected chi connectivity index (χ3v) is 5.12. The summed E-state index contributed by atoms with van der Waals surface area (Å²) in [5, 5.41) is 4.34. The molecule has 32 heavy (non-hydrogen) atoms. The molecule has 3 heterocycles. The Balaban J connectivity index is 1.41. The largest absolute Gasteiger partial charge is 0.444 e. The zero-order chi connectivity index (χ0) is 22.9. The summed E-state index contributed by atoms with van der Waals surface area (Å²) in [6.45, 7) is 8.60. The first-order valence-electron chi connectivity index (χ1n) is 10.6. The van der Waals surface area contributed by atoms with Gasteiger partial charge in [-0.25, -0.2) is 14.5 Å². The van der Waals surface area contributed by atoms with Gasteiger partial charge in [-0.1, -0.05) is 18.2 Å². The van der Waals surface area contributed by atoms with Crippen molar-refractivity contribution < 1.29 is 18.7 Å². The maximum atomic E-state index is 13.0. The Hall–Kier alpha value is -3.62. The number of oxazole rings is 1. The van der Waals surface area contributed by atoms with Crippen LogP contribution in [0.15, 0.2) is 53.4 Å². The molecular formula is C23H27N5O4. The molecule has 9 nitrogen and oxygen atoms in total. The molecule has 2 aromatic heterocycles. The second-order valence-electron chi connectivity index (χ2n) is 8.82. The quantitative estimate of drug-likeness (QED) is 0.621. The first-order chi connectivity index (χ1) is 15.2. The Bertz CT molecular complexity index is 1100. The summed E-state index contributed by atoms with van der Waals surface area (Å²) in [5.41, 5.74) is 1.26. The number of carbonyl (C=O) groups excluding carboxylic acids is 2. The number of para-hydroxylation sites is 1. The lowest BCUT2D eigenvalue weighted by Gasteiger charge is -2.39. The van der Waals surface area contributed by atoms with Crippen LogP contribution >= 0.6 is 0 Å². The van der Waals surface area contributed by atoms with Gasteiger partial charge in [0, 0.05) is 31.9 Å². The Morgan fingerprint density at radius 2 is 1.91 bits per heavy atom. The Labute approximate surface area is 186 Å². The van der Waals surface area contributed by atoms with Crippen molar-refractivity contribution in [3.05, 3.63) is 54.7 Å². The number of hydrogen-bond donors (Lipinski definition) is 0. The van der Waals surface area contributed by atoms with Crippen molar-refractivity contribution in [2.24, 2.45) is 0 Å². The number of hydrogen-bond acceptors (Lipinski definition) is 6. The fourth-order valence-corrected chi connectivity index (χ4v) is 3.56. The van der Waals surface area contributed by atoms with Gasteiger partial charge >= 0.3 is 6.09 Å². The molecular weight excluding hydrogens is 410 g/mol. The topological polar surface area (TPSA) is 93.7 Å². The van der Waals surface area contributed by atoms with E-state index in [-0.39, 0.29) is 23.7 Å². The average Bonchev–Trinajstić information content (AvgIpc) is 3.42. The highest BCUT2D eigenvalue weighted by molar-refractivity contribution is 5.92. The molecule has 2 amide bonds. The maximum absolute atomic E-state index is 13.0. The van der Waals surface area contributed by atoms with Gasteiger partial charge in [0.25, 0.3) is 5.91 Å². The molecule has 1 saturated heterocycles. The van der Waals surface area contributed by atoms with E-state index in [1.54, 1.807) is 26.9 Å². The van der Waals surface area contributed by atoms with Gasteiger partial charge in [0.05, 0.1) is 17.4 Å². The van der Waals surface area contributed by atoms with E-state index in [1.807, 2.05) is 58.0 Å². The molecule has 0 spiro atoms. The third kappa shape index (κ3) is 4.66. The van der Waals surface area contributed by atoms with Crippen molar-refractivity contribution in [1.29, 1.82) is 0 Å². The summed E-state index contributed by atoms with van der Waals surface area (Å²) in [7, 11) is 0. The van der Waals surface area contributed by atoms with Gasteiger partial charge in [0.2, 0.25) is 5.89 Å². The molecule has 1 aromatic carbocycles. The molecule has 3 aromatic rings. The molecule has 168 valence electrons. The standard InChI is InChI=1S/C23H27N5O4/c1-16-13-26(10-11-27(16)22(30)32-23(2,3)4)21(29)19-15-31-20(25-19)17-12-24-28(14-17)18-8-6-5-7-9-18/h5-9,12,14-16H,10-11,13H2,1-4H3/t16-/m0/s1. The van der Waals surface area contributed by atoms with Crippen LogP contribution in [0.3, 0.4) is 0 Å². The Morgan fingerprint density at radius 3 is 2.59 bits per heavy atom. The summed E-state index contributed by atoms with van der Waals surface area (Å²) >= 11 is 0. The number of amides is 2. The van der Waals surface area contributed by atoms with E-state index in [4.69, 9.17) is 9.15 Å². The molecule has 0 radical (unpaired) electrons. The summed E-state index contributed by atoms with van der Waals surface area (Å²) in [6, 6.07) is 9.52. The molecule has 0 saturated carbocycles. The van der Waals surface area contributed by atoms with Crippen LogP contribution in [0.4, 0.5) is 4.79 Å². The minimum Gasteiger partial charge on any atom is -0.444 e. The number of aromatic nitrogens is 3. The molecule has 9 heteroatoms. The molecule has 1 atom stereocenters. The molecule has 0 unspecified atom stereocenters. The Kier molecular flexibility index (Phi) is 5.73. The number of ether oxygens (including phenoxy) is 1. The first-order valence-corrected chi connectivity index (χ1v) is 10.6. The van der Waals surface area contributed by atoms with Crippen LogP contribution in [0.2, 0.25) is 0 Å². The molecule has 1 aliphatic rings. The molecule has 1 fully saturated rings. The highest BCUT2D eigenvalue weighted by atomic mass is 16.6. The lowest BCUT2D eigenvalue weighted by molar-refractivity contribution is 0.00190. The summed E-state index contributed by atoms with van der Waals surface area (Å²) < 4.78 is 12.7. The fraction of sp³-hybridized carbons (Fsp3) is 0.391. The Morgan fingerprint density at radius 1 is 1.16 bits per heavy atom. The van der Waals surface area contributed by atoms with Crippen LogP contribution in [-0.4, -0.2) is 67.8 Å². The lowest BCUT2D eigenvalue weighted by atomic mass is 10.2. The summed E-state index contributed by atoms with van der Waals surface area (Å²) in [5.74, 6) is 0.0992. The van der Waals surface area contributed by atoms with E-state index in [2.05, 4.69) is 10.1 Å². The van der Waals surface area contributed by atoms with Crippen LogP contribution in [0.25, 0.3) is 17.1 Å². The second kappa shape index (κ2) is 8.49. The highest BCUT2D eigenvalue weighted by Crippen LogP contribution is 2.22. The van der Waals surface area contributed by atoms with Gasteiger partial charge in [0.1, 0.15) is 11.9 Å². The van der Waals surface area contributed by atoms with Gasteiger partial charge in [0.15, 0.2) is 5.69 Å². The SMILES string of the molecule is C[C@H]1CN(C(=O)c2coc(-c3cnn(-c4ccccc4)c3)n2)CCN1C(=O)OC(C)(C)C. The van der Waals surface area contributed by atoms with Crippen LogP contribution in [0.5, 0.6) is 0 Å². The maximum Gasteiger partial charge on any atom is 0.410 e. The van der Waals surface area contributed by atoms with Crippen molar-refractivity contribution in [2.45, 2.75) is 39.3 Å². The second-order valence-corrected chi connectivity index (χ2v) is 8.82. The van der Waals surface area contributed by atoms with Crippen LogP contribution < -0.4 is 0 Å². The van der Waals surface area contributed by atoms with Crippen LogP contribution in [-0.2, 0) is 4.74 Å². The molecule has 0 aliphatic carbocycles. The summed E-state index contributed by atoms with van der Waals surface area (Å²) in [6.07, 6.45) is 4.45. The van der Waals surface area contributed by atoms with E-state index in [0.29, 0.717) is 31.1 Å². The average molecular weight is 438 g/mol. The monoisotopic (exact) mass is 437 g/mol. The normalized spacial score (nSPS) is 16.8. The molecule has 0 bridgehead atoms. The minimum atomic E-state index is -0.560. The number of benzene rings is 1. The van der Waals surface area contributed by atoms with Crippen molar-refractivity contribution in [1.82, 2.24) is 24.6 Å². The number of nitrogens with zero attached hydrogens (tertiary/aromatic N) is 5. The number of carbonyl (C=O) groups is 2. The number of rotatable bonds is 3. The van der Waals surface area contributed by atoms with Gasteiger partial charge < -0.3 is 19.0 Å². The first kappa shape index (κ1) is 21.6. The fourth-order valence-electron chi connectivity index (χ4n) is 3.56. The van der Waals surface area contributed by atoms with Gasteiger partial charge in [-0.2, -0.15) is 5.10 Å². The van der Waals surface area contributed by atoms with E-state index in [0.717, 1.165) is 5.69 Å². The van der Waals surface area contributed by atoms with Crippen molar-refractivity contribution in [3.63, 3.8) is 0 Å². The van der Waals surface area contributed by atoms with Crippen LogP contribution in [0.1, 0.15) is 38.2 Å². The molecule has 0 N–H and O–H groups in total. The predicted octanol–water partition coefficient (Wildman–Crippen LogP) is 3.61. The van der Waals surface area contributed by atoms with Crippen molar-refractivity contribution in [3.8, 4) is 17.1 Å². The van der Waals surface area contributed by atoms with Gasteiger partial charge in [-0.3, -0.25) is 4.79 Å². The smallest absolute Gasteiger partial charge is 0.410 e. The van der Waals surface area contributed by atoms with Gasteiger partial charge in [-0.05, 0) is 39.8 Å². The zero-order valence-electron chi connectivity index (χ0n) is 18.7.